The molecule has 0 aliphatic heterocycles. The highest BCUT2D eigenvalue weighted by molar-refractivity contribution is 9.10. The zero-order chi connectivity index (χ0) is 14.8. The van der Waals surface area contributed by atoms with Gasteiger partial charge in [0, 0.05) is 16.7 Å². The average Bonchev–Trinajstić information content (AvgIpc) is 2.38. The Morgan fingerprint density at radius 1 is 1.20 bits per heavy atom. The predicted octanol–water partition coefficient (Wildman–Crippen LogP) is 3.02. The van der Waals surface area contributed by atoms with Crippen LogP contribution in [-0.2, 0) is 16.6 Å². The van der Waals surface area contributed by atoms with E-state index in [2.05, 4.69) is 21.2 Å². The summed E-state index contributed by atoms with van der Waals surface area (Å²) in [5.41, 5.74) is 2.81. The van der Waals surface area contributed by atoms with Crippen LogP contribution >= 0.6 is 15.9 Å². The van der Waals surface area contributed by atoms with E-state index in [0.29, 0.717) is 6.54 Å². The molecule has 4 nitrogen and oxygen atoms in total. The van der Waals surface area contributed by atoms with E-state index in [-0.39, 0.29) is 4.90 Å². The lowest BCUT2D eigenvalue weighted by molar-refractivity contribution is 0.598. The second kappa shape index (κ2) is 5.95. The Balaban J connectivity index is 2.24. The van der Waals surface area contributed by atoms with Gasteiger partial charge in [0.15, 0.2) is 0 Å². The summed E-state index contributed by atoms with van der Waals surface area (Å²) in [4.78, 5) is 0.109. The number of sulfonamides is 1. The fourth-order valence-electron chi connectivity index (χ4n) is 1.80. The molecule has 0 atom stereocenters. The predicted molar refractivity (Wildman–Crippen MR) is 84.0 cm³/mol. The second-order valence-corrected chi connectivity index (χ2v) is 6.88. The Kier molecular flexibility index (Phi) is 4.47. The van der Waals surface area contributed by atoms with Gasteiger partial charge in [-0.3, -0.25) is 0 Å². The van der Waals surface area contributed by atoms with Crippen LogP contribution in [0.25, 0.3) is 0 Å². The van der Waals surface area contributed by atoms with Crippen LogP contribution in [0.2, 0.25) is 0 Å². The lowest BCUT2D eigenvalue weighted by Crippen LogP contribution is -2.13. The van der Waals surface area contributed by atoms with Crippen LogP contribution in [-0.4, -0.2) is 8.42 Å². The van der Waals surface area contributed by atoms with Gasteiger partial charge in [-0.15, -0.1) is 0 Å². The first kappa shape index (κ1) is 15.0. The van der Waals surface area contributed by atoms with Crippen LogP contribution in [0.1, 0.15) is 11.1 Å². The molecular weight excluding hydrogens is 340 g/mol. The number of rotatable bonds is 4. The van der Waals surface area contributed by atoms with Crippen LogP contribution in [0.5, 0.6) is 0 Å². The maximum Gasteiger partial charge on any atom is 0.238 e. The van der Waals surface area contributed by atoms with Gasteiger partial charge in [-0.25, -0.2) is 13.6 Å². The molecule has 0 saturated carbocycles. The third-order valence-electron chi connectivity index (χ3n) is 2.96. The number of aryl methyl sites for hydroxylation is 1. The van der Waals surface area contributed by atoms with Crippen molar-refractivity contribution >= 4 is 31.6 Å². The van der Waals surface area contributed by atoms with Gasteiger partial charge in [0.1, 0.15) is 0 Å². The Morgan fingerprint density at radius 3 is 2.55 bits per heavy atom. The summed E-state index contributed by atoms with van der Waals surface area (Å²) < 4.78 is 23.7. The van der Waals surface area contributed by atoms with Crippen molar-refractivity contribution in [3.63, 3.8) is 0 Å². The molecule has 2 aromatic carbocycles. The molecule has 0 fully saturated rings. The number of hydrogen-bond donors (Lipinski definition) is 2. The average molecular weight is 355 g/mol. The minimum Gasteiger partial charge on any atom is -0.381 e. The third-order valence-corrected chi connectivity index (χ3v) is 4.65. The van der Waals surface area contributed by atoms with Crippen LogP contribution in [0, 0.1) is 6.92 Å². The summed E-state index contributed by atoms with van der Waals surface area (Å²) >= 11 is 3.48. The van der Waals surface area contributed by atoms with Gasteiger partial charge in [0.2, 0.25) is 10.0 Å². The summed E-state index contributed by atoms with van der Waals surface area (Å²) in [5, 5.41) is 8.38. The normalized spacial score (nSPS) is 11.3. The SMILES string of the molecule is Cc1ccc(S(N)(=O)=O)cc1NCc1ccccc1Br. The smallest absolute Gasteiger partial charge is 0.238 e. The van der Waals surface area contributed by atoms with Gasteiger partial charge >= 0.3 is 0 Å². The Bertz CT molecular complexity index is 730. The Morgan fingerprint density at radius 2 is 1.90 bits per heavy atom. The number of benzene rings is 2. The van der Waals surface area contributed by atoms with E-state index in [1.54, 1.807) is 12.1 Å². The van der Waals surface area contributed by atoms with Crippen LogP contribution in [0.4, 0.5) is 5.69 Å². The Labute approximate surface area is 127 Å². The molecule has 0 aliphatic carbocycles. The van der Waals surface area contributed by atoms with Gasteiger partial charge in [-0.05, 0) is 36.2 Å². The van der Waals surface area contributed by atoms with E-state index in [9.17, 15) is 8.42 Å². The molecule has 0 unspecified atom stereocenters. The molecule has 0 heterocycles. The van der Waals surface area contributed by atoms with Crippen molar-refractivity contribution in [2.45, 2.75) is 18.4 Å². The molecule has 0 aliphatic rings. The summed E-state index contributed by atoms with van der Waals surface area (Å²) in [6.07, 6.45) is 0. The van der Waals surface area contributed by atoms with Crippen molar-refractivity contribution in [1.82, 2.24) is 0 Å². The number of halogens is 1. The molecule has 0 spiro atoms. The minimum atomic E-state index is -3.68. The molecule has 0 amide bonds. The van der Waals surface area contributed by atoms with Crippen molar-refractivity contribution in [2.75, 3.05) is 5.32 Å². The van der Waals surface area contributed by atoms with Crippen LogP contribution in [0.3, 0.4) is 0 Å². The minimum absolute atomic E-state index is 0.109. The van der Waals surface area contributed by atoms with Gasteiger partial charge in [0.05, 0.1) is 4.90 Å². The number of nitrogens with two attached hydrogens (primary N) is 1. The van der Waals surface area contributed by atoms with Gasteiger partial charge in [-0.1, -0.05) is 40.2 Å². The van der Waals surface area contributed by atoms with Crippen LogP contribution in [0.15, 0.2) is 51.8 Å². The first-order chi connectivity index (χ1) is 9.38. The molecule has 2 rings (SSSR count). The van der Waals surface area contributed by atoms with E-state index in [1.165, 1.54) is 6.07 Å². The molecule has 0 aromatic heterocycles. The van der Waals surface area contributed by atoms with E-state index < -0.39 is 10.0 Å². The molecule has 6 heteroatoms. The quantitative estimate of drug-likeness (QED) is 0.886. The number of hydrogen-bond acceptors (Lipinski definition) is 3. The van der Waals surface area contributed by atoms with Crippen molar-refractivity contribution in [3.05, 3.63) is 58.1 Å². The van der Waals surface area contributed by atoms with Gasteiger partial charge in [0.25, 0.3) is 0 Å². The van der Waals surface area contributed by atoms with Crippen molar-refractivity contribution in [1.29, 1.82) is 0 Å². The van der Waals surface area contributed by atoms with Gasteiger partial charge in [-0.2, -0.15) is 0 Å². The molecule has 3 N–H and O–H groups in total. The summed E-state index contributed by atoms with van der Waals surface area (Å²) in [6.45, 7) is 2.51. The molecule has 106 valence electrons. The summed E-state index contributed by atoms with van der Waals surface area (Å²) in [5.74, 6) is 0. The first-order valence-electron chi connectivity index (χ1n) is 5.98. The second-order valence-electron chi connectivity index (χ2n) is 4.47. The van der Waals surface area contributed by atoms with E-state index >= 15 is 0 Å². The summed E-state index contributed by atoms with van der Waals surface area (Å²) in [7, 11) is -3.68. The number of anilines is 1. The summed E-state index contributed by atoms with van der Waals surface area (Å²) in [6, 6.07) is 12.7. The number of nitrogens with one attached hydrogen (secondary N) is 1. The molecule has 0 saturated heterocycles. The maximum atomic E-state index is 11.4. The molecule has 20 heavy (non-hydrogen) atoms. The first-order valence-corrected chi connectivity index (χ1v) is 8.32. The highest BCUT2D eigenvalue weighted by atomic mass is 79.9. The van der Waals surface area contributed by atoms with Crippen molar-refractivity contribution < 1.29 is 8.42 Å². The van der Waals surface area contributed by atoms with Gasteiger partial charge < -0.3 is 5.32 Å². The highest BCUT2D eigenvalue weighted by Gasteiger charge is 2.10. The van der Waals surface area contributed by atoms with E-state index in [1.807, 2.05) is 31.2 Å². The van der Waals surface area contributed by atoms with E-state index in [4.69, 9.17) is 5.14 Å². The van der Waals surface area contributed by atoms with Crippen LogP contribution < -0.4 is 10.5 Å². The molecular formula is C14H15BrN2O2S. The molecule has 2 aromatic rings. The fourth-order valence-corrected chi connectivity index (χ4v) is 2.77. The maximum absolute atomic E-state index is 11.4. The third kappa shape index (κ3) is 3.59. The highest BCUT2D eigenvalue weighted by Crippen LogP contribution is 2.22. The van der Waals surface area contributed by atoms with Crippen molar-refractivity contribution in [3.8, 4) is 0 Å². The standard InChI is InChI=1S/C14H15BrN2O2S/c1-10-6-7-12(20(16,18)19)8-14(10)17-9-11-4-2-3-5-13(11)15/h2-8,17H,9H2,1H3,(H2,16,18,19). The largest absolute Gasteiger partial charge is 0.381 e. The zero-order valence-corrected chi connectivity index (χ0v) is 13.3. The number of primary sulfonamides is 1. The molecule has 0 radical (unpaired) electrons. The van der Waals surface area contributed by atoms with Crippen molar-refractivity contribution in [2.24, 2.45) is 5.14 Å². The lowest BCUT2D eigenvalue weighted by Gasteiger charge is -2.12. The Hall–Kier alpha value is -1.37. The topological polar surface area (TPSA) is 72.2 Å². The fraction of sp³-hybridized carbons (Fsp3) is 0.143. The lowest BCUT2D eigenvalue weighted by atomic mass is 10.2. The molecule has 0 bridgehead atoms. The zero-order valence-electron chi connectivity index (χ0n) is 10.9. The van der Waals surface area contributed by atoms with E-state index in [0.717, 1.165) is 21.3 Å². The monoisotopic (exact) mass is 354 g/mol.